The smallest absolute Gasteiger partial charge is 0.123 e. The maximum Gasteiger partial charge on any atom is 0.123 e. The molecule has 2 aromatic heterocycles. The Kier molecular flexibility index (Phi) is 4.66. The first kappa shape index (κ1) is 19.2. The standard InChI is InChI=1S/C22H30N4O/c1-11-9-10-16(21(27)20(11)22(6,7)8)19(17-12(2)23-24-13(17)3)18-14(4)25-26-15(18)5/h9-10,19,27H,1-8H3,(H,23,24)(H,25,26). The number of phenolic OH excluding ortho intramolecular Hbond substituents is 1. The monoisotopic (exact) mass is 366 g/mol. The van der Waals surface area contributed by atoms with Crippen LogP contribution < -0.4 is 0 Å². The number of nitrogens with one attached hydrogen (secondary N) is 2. The Morgan fingerprint density at radius 3 is 1.70 bits per heavy atom. The summed E-state index contributed by atoms with van der Waals surface area (Å²) in [7, 11) is 0. The number of hydrogen-bond acceptors (Lipinski definition) is 3. The molecule has 0 radical (unpaired) electrons. The second kappa shape index (κ2) is 6.55. The van der Waals surface area contributed by atoms with Gasteiger partial charge in [0.15, 0.2) is 0 Å². The van der Waals surface area contributed by atoms with E-state index < -0.39 is 0 Å². The van der Waals surface area contributed by atoms with E-state index in [4.69, 9.17) is 0 Å². The lowest BCUT2D eigenvalue weighted by molar-refractivity contribution is 0.438. The van der Waals surface area contributed by atoms with Crippen molar-refractivity contribution < 1.29 is 5.11 Å². The number of phenols is 1. The molecule has 5 nitrogen and oxygen atoms in total. The fourth-order valence-corrected chi connectivity index (χ4v) is 4.31. The van der Waals surface area contributed by atoms with Crippen LogP contribution in [0.25, 0.3) is 0 Å². The fraction of sp³-hybridized carbons (Fsp3) is 0.455. The molecule has 0 amide bonds. The molecule has 2 heterocycles. The van der Waals surface area contributed by atoms with Crippen LogP contribution in [0.4, 0.5) is 0 Å². The minimum atomic E-state index is -0.157. The zero-order chi connectivity index (χ0) is 20.1. The van der Waals surface area contributed by atoms with Crippen LogP contribution in [0.5, 0.6) is 5.75 Å². The van der Waals surface area contributed by atoms with Crippen LogP contribution in [0.3, 0.4) is 0 Å². The average Bonchev–Trinajstić information content (AvgIpc) is 3.05. The molecule has 0 aliphatic rings. The van der Waals surface area contributed by atoms with Crippen molar-refractivity contribution in [1.29, 1.82) is 0 Å². The summed E-state index contributed by atoms with van der Waals surface area (Å²) in [4.78, 5) is 0. The fourth-order valence-electron chi connectivity index (χ4n) is 4.31. The first-order valence-electron chi connectivity index (χ1n) is 9.39. The van der Waals surface area contributed by atoms with E-state index in [9.17, 15) is 5.11 Å². The molecule has 0 fully saturated rings. The molecule has 3 aromatic rings. The van der Waals surface area contributed by atoms with Crippen molar-refractivity contribution in [1.82, 2.24) is 20.4 Å². The minimum absolute atomic E-state index is 0.135. The lowest BCUT2D eigenvalue weighted by atomic mass is 9.77. The Hall–Kier alpha value is -2.56. The van der Waals surface area contributed by atoms with Crippen molar-refractivity contribution in [3.8, 4) is 5.75 Å². The Morgan fingerprint density at radius 1 is 0.852 bits per heavy atom. The van der Waals surface area contributed by atoms with E-state index in [1.54, 1.807) is 0 Å². The van der Waals surface area contributed by atoms with Crippen LogP contribution in [0.15, 0.2) is 12.1 Å². The third-order valence-electron chi connectivity index (χ3n) is 5.43. The van der Waals surface area contributed by atoms with Gasteiger partial charge in [0.25, 0.3) is 0 Å². The first-order valence-corrected chi connectivity index (χ1v) is 9.39. The third-order valence-corrected chi connectivity index (χ3v) is 5.43. The molecular weight excluding hydrogens is 336 g/mol. The van der Waals surface area contributed by atoms with E-state index in [-0.39, 0.29) is 11.3 Å². The maximum atomic E-state index is 11.4. The zero-order valence-electron chi connectivity index (χ0n) is 17.6. The van der Waals surface area contributed by atoms with E-state index in [2.05, 4.69) is 54.2 Å². The molecular formula is C22H30N4O. The summed E-state index contributed by atoms with van der Waals surface area (Å²) in [6.07, 6.45) is 0. The topological polar surface area (TPSA) is 77.6 Å². The molecule has 0 aliphatic heterocycles. The van der Waals surface area contributed by atoms with Gasteiger partial charge < -0.3 is 5.11 Å². The second-order valence-corrected chi connectivity index (χ2v) is 8.57. The number of benzene rings is 1. The summed E-state index contributed by atoms with van der Waals surface area (Å²) in [5.74, 6) is 0.233. The number of aromatic amines is 2. The molecule has 0 aliphatic carbocycles. The third kappa shape index (κ3) is 3.15. The van der Waals surface area contributed by atoms with E-state index in [0.29, 0.717) is 5.75 Å². The van der Waals surface area contributed by atoms with Crippen LogP contribution in [-0.2, 0) is 5.41 Å². The second-order valence-electron chi connectivity index (χ2n) is 8.57. The highest BCUT2D eigenvalue weighted by Gasteiger charge is 2.32. The van der Waals surface area contributed by atoms with Gasteiger partial charge in [0.1, 0.15) is 5.75 Å². The van der Waals surface area contributed by atoms with Gasteiger partial charge in [0.2, 0.25) is 0 Å². The molecule has 1 aromatic carbocycles. The Balaban J connectivity index is 2.38. The van der Waals surface area contributed by atoms with Gasteiger partial charge >= 0.3 is 0 Å². The van der Waals surface area contributed by atoms with Crippen molar-refractivity contribution in [2.75, 3.05) is 0 Å². The molecule has 3 N–H and O–H groups in total. The summed E-state index contributed by atoms with van der Waals surface area (Å²) >= 11 is 0. The number of rotatable bonds is 3. The van der Waals surface area contributed by atoms with Gasteiger partial charge in [-0.15, -0.1) is 0 Å². The summed E-state index contributed by atoms with van der Waals surface area (Å²) in [6, 6.07) is 4.15. The Morgan fingerprint density at radius 2 is 1.33 bits per heavy atom. The van der Waals surface area contributed by atoms with Gasteiger partial charge in [-0.25, -0.2) is 0 Å². The normalized spacial score (nSPS) is 12.2. The highest BCUT2D eigenvalue weighted by atomic mass is 16.3. The van der Waals surface area contributed by atoms with Crippen molar-refractivity contribution in [3.05, 3.63) is 62.7 Å². The van der Waals surface area contributed by atoms with Crippen molar-refractivity contribution in [2.24, 2.45) is 0 Å². The predicted octanol–water partition coefficient (Wildman–Crippen LogP) is 4.86. The lowest BCUT2D eigenvalue weighted by Gasteiger charge is -2.27. The van der Waals surface area contributed by atoms with Gasteiger partial charge in [-0.3, -0.25) is 10.2 Å². The maximum absolute atomic E-state index is 11.4. The van der Waals surface area contributed by atoms with Gasteiger partial charge in [0, 0.05) is 39.6 Å². The number of aromatic hydroxyl groups is 1. The largest absolute Gasteiger partial charge is 0.507 e. The van der Waals surface area contributed by atoms with Crippen molar-refractivity contribution in [2.45, 2.75) is 66.7 Å². The number of nitrogens with zero attached hydrogens (tertiary/aromatic N) is 2. The number of aryl methyl sites for hydroxylation is 5. The van der Waals surface area contributed by atoms with Crippen LogP contribution in [0, 0.1) is 34.6 Å². The highest BCUT2D eigenvalue weighted by molar-refractivity contribution is 5.58. The molecule has 0 spiro atoms. The summed E-state index contributed by atoms with van der Waals surface area (Å²) in [5, 5.41) is 26.4. The molecule has 0 saturated heterocycles. The first-order chi connectivity index (χ1) is 12.5. The number of aromatic nitrogens is 4. The molecule has 0 atom stereocenters. The van der Waals surface area contributed by atoms with Crippen LogP contribution in [0.2, 0.25) is 0 Å². The van der Waals surface area contributed by atoms with Gasteiger partial charge in [-0.05, 0) is 45.6 Å². The van der Waals surface area contributed by atoms with Crippen LogP contribution >= 0.6 is 0 Å². The molecule has 3 rings (SSSR count). The summed E-state index contributed by atoms with van der Waals surface area (Å²) in [5.41, 5.74) is 8.92. The quantitative estimate of drug-likeness (QED) is 0.619. The Labute approximate surface area is 161 Å². The van der Waals surface area contributed by atoms with E-state index in [1.807, 2.05) is 33.8 Å². The van der Waals surface area contributed by atoms with E-state index >= 15 is 0 Å². The molecule has 144 valence electrons. The lowest BCUT2D eigenvalue weighted by Crippen LogP contribution is -2.16. The van der Waals surface area contributed by atoms with E-state index in [0.717, 1.165) is 50.6 Å². The molecule has 0 bridgehead atoms. The zero-order valence-corrected chi connectivity index (χ0v) is 17.6. The summed E-state index contributed by atoms with van der Waals surface area (Å²) < 4.78 is 0. The predicted molar refractivity (Wildman–Crippen MR) is 109 cm³/mol. The van der Waals surface area contributed by atoms with Crippen molar-refractivity contribution >= 4 is 0 Å². The van der Waals surface area contributed by atoms with Gasteiger partial charge in [-0.2, -0.15) is 10.2 Å². The molecule has 5 heteroatoms. The van der Waals surface area contributed by atoms with Gasteiger partial charge in [-0.1, -0.05) is 32.9 Å². The SMILES string of the molecule is Cc1ccc(C(c2c(C)n[nH]c2C)c2c(C)n[nH]c2C)c(O)c1C(C)(C)C. The minimum Gasteiger partial charge on any atom is -0.507 e. The summed E-state index contributed by atoms with van der Waals surface area (Å²) in [6.45, 7) is 16.5. The number of hydrogen-bond donors (Lipinski definition) is 3. The van der Waals surface area contributed by atoms with E-state index in [1.165, 1.54) is 0 Å². The number of H-pyrrole nitrogens is 2. The van der Waals surface area contributed by atoms with Crippen LogP contribution in [-0.4, -0.2) is 25.5 Å². The van der Waals surface area contributed by atoms with Crippen LogP contribution in [0.1, 0.15) is 77.3 Å². The Bertz CT molecular complexity index is 903. The molecule has 27 heavy (non-hydrogen) atoms. The van der Waals surface area contributed by atoms with Crippen molar-refractivity contribution in [3.63, 3.8) is 0 Å². The molecule has 0 unspecified atom stereocenters. The molecule has 0 saturated carbocycles. The highest BCUT2D eigenvalue weighted by Crippen LogP contribution is 2.45. The average molecular weight is 367 g/mol. The van der Waals surface area contributed by atoms with Gasteiger partial charge in [0.05, 0.1) is 11.4 Å².